The van der Waals surface area contributed by atoms with Gasteiger partial charge in [-0.15, -0.1) is 0 Å². The second kappa shape index (κ2) is 9.76. The highest BCUT2D eigenvalue weighted by atomic mass is 35.5. The number of amides is 1. The Balaban J connectivity index is 1.62. The Morgan fingerprint density at radius 1 is 1.07 bits per heavy atom. The molecule has 2 aromatic carbocycles. The Morgan fingerprint density at radius 2 is 1.83 bits per heavy atom. The maximum absolute atomic E-state index is 12.3. The van der Waals surface area contributed by atoms with E-state index in [0.717, 1.165) is 11.3 Å². The van der Waals surface area contributed by atoms with E-state index in [0.29, 0.717) is 22.7 Å². The van der Waals surface area contributed by atoms with Crippen molar-refractivity contribution in [1.29, 1.82) is 0 Å². The number of hydrogen-bond donors (Lipinski definition) is 1. The molecule has 29 heavy (non-hydrogen) atoms. The number of aryl methyl sites for hydroxylation is 2. The van der Waals surface area contributed by atoms with Crippen molar-refractivity contribution in [3.8, 4) is 0 Å². The average molecular weight is 427 g/mol. The number of halogens is 1. The summed E-state index contributed by atoms with van der Waals surface area (Å²) in [6, 6.07) is 17.7. The third-order valence-corrected chi connectivity index (χ3v) is 5.48. The monoisotopic (exact) mass is 426 g/mol. The molecule has 3 aromatic rings. The molecule has 150 valence electrons. The summed E-state index contributed by atoms with van der Waals surface area (Å²) < 4.78 is 0. The van der Waals surface area contributed by atoms with Crippen LogP contribution in [0, 0.1) is 13.8 Å². The van der Waals surface area contributed by atoms with Crippen LogP contribution in [0.1, 0.15) is 16.7 Å². The molecule has 1 aromatic heterocycles. The Kier molecular flexibility index (Phi) is 7.12. The lowest BCUT2D eigenvalue weighted by Gasteiger charge is -2.19. The average Bonchev–Trinajstić information content (AvgIpc) is 2.69. The molecule has 0 unspecified atom stereocenters. The first-order valence-electron chi connectivity index (χ1n) is 9.20. The first-order valence-corrected chi connectivity index (χ1v) is 10.6. The summed E-state index contributed by atoms with van der Waals surface area (Å²) in [6.45, 7) is 4.76. The van der Waals surface area contributed by atoms with E-state index in [9.17, 15) is 4.79 Å². The maximum atomic E-state index is 12.3. The fourth-order valence-corrected chi connectivity index (χ4v) is 3.61. The molecule has 1 amide bonds. The number of benzene rings is 2. The largest absolute Gasteiger partial charge is 0.355 e. The van der Waals surface area contributed by atoms with Crippen molar-refractivity contribution in [3.63, 3.8) is 0 Å². The summed E-state index contributed by atoms with van der Waals surface area (Å²) in [4.78, 5) is 23.1. The van der Waals surface area contributed by atoms with Gasteiger partial charge in [-0.3, -0.25) is 4.79 Å². The summed E-state index contributed by atoms with van der Waals surface area (Å²) >= 11 is 7.44. The number of thioether (sulfide) groups is 1. The Bertz CT molecular complexity index is 997. The van der Waals surface area contributed by atoms with Crippen LogP contribution in [0.25, 0.3) is 0 Å². The van der Waals surface area contributed by atoms with Crippen LogP contribution in [0.4, 0.5) is 11.5 Å². The van der Waals surface area contributed by atoms with Crippen LogP contribution < -0.4 is 10.2 Å². The summed E-state index contributed by atoms with van der Waals surface area (Å²) in [7, 11) is 1.95. The van der Waals surface area contributed by atoms with Gasteiger partial charge >= 0.3 is 0 Å². The van der Waals surface area contributed by atoms with Crippen molar-refractivity contribution in [2.75, 3.05) is 23.0 Å². The van der Waals surface area contributed by atoms with E-state index < -0.39 is 0 Å². The van der Waals surface area contributed by atoms with Gasteiger partial charge in [0, 0.05) is 25.3 Å². The molecule has 1 N–H and O–H groups in total. The zero-order chi connectivity index (χ0) is 20.8. The lowest BCUT2D eigenvalue weighted by molar-refractivity contribution is -0.113. The number of rotatable bonds is 7. The van der Waals surface area contributed by atoms with Crippen molar-refractivity contribution < 1.29 is 4.79 Å². The topological polar surface area (TPSA) is 58.1 Å². The first-order chi connectivity index (χ1) is 13.9. The molecule has 0 saturated heterocycles. The van der Waals surface area contributed by atoms with Crippen LogP contribution in [0.2, 0.25) is 5.15 Å². The molecule has 0 radical (unpaired) electrons. The Hall–Kier alpha value is -2.57. The maximum Gasteiger partial charge on any atom is 0.234 e. The number of nitrogens with zero attached hydrogens (tertiary/aromatic N) is 3. The van der Waals surface area contributed by atoms with E-state index in [1.165, 1.54) is 22.9 Å². The number of aromatic nitrogens is 2. The highest BCUT2D eigenvalue weighted by Crippen LogP contribution is 2.23. The van der Waals surface area contributed by atoms with Crippen LogP contribution in [-0.4, -0.2) is 28.7 Å². The van der Waals surface area contributed by atoms with E-state index in [2.05, 4.69) is 27.4 Å². The summed E-state index contributed by atoms with van der Waals surface area (Å²) in [5, 5.41) is 3.73. The minimum absolute atomic E-state index is 0.110. The third-order valence-electron chi connectivity index (χ3n) is 4.44. The van der Waals surface area contributed by atoms with Gasteiger partial charge in [0.05, 0.1) is 5.75 Å². The van der Waals surface area contributed by atoms with Gasteiger partial charge in [0.1, 0.15) is 11.0 Å². The van der Waals surface area contributed by atoms with Crippen molar-refractivity contribution >= 4 is 40.8 Å². The highest BCUT2D eigenvalue weighted by Gasteiger charge is 2.11. The van der Waals surface area contributed by atoms with Crippen LogP contribution in [0.3, 0.4) is 0 Å². The van der Waals surface area contributed by atoms with Gasteiger partial charge in [-0.2, -0.15) is 0 Å². The van der Waals surface area contributed by atoms with Crippen molar-refractivity contribution in [1.82, 2.24) is 9.97 Å². The van der Waals surface area contributed by atoms with E-state index in [4.69, 9.17) is 11.6 Å². The van der Waals surface area contributed by atoms with E-state index in [1.54, 1.807) is 6.07 Å². The molecular formula is C22H23ClN4OS. The van der Waals surface area contributed by atoms with E-state index >= 15 is 0 Å². The van der Waals surface area contributed by atoms with Crippen molar-refractivity contribution in [2.24, 2.45) is 0 Å². The predicted octanol–water partition coefficient (Wildman–Crippen LogP) is 5.11. The van der Waals surface area contributed by atoms with Gasteiger partial charge in [0.2, 0.25) is 5.91 Å². The van der Waals surface area contributed by atoms with Gasteiger partial charge in [-0.05, 0) is 42.7 Å². The Morgan fingerprint density at radius 3 is 2.55 bits per heavy atom. The van der Waals surface area contributed by atoms with Crippen molar-refractivity contribution in [2.45, 2.75) is 25.5 Å². The predicted molar refractivity (Wildman–Crippen MR) is 121 cm³/mol. The molecule has 0 aliphatic heterocycles. The van der Waals surface area contributed by atoms with Crippen LogP contribution in [0.15, 0.2) is 59.8 Å². The Labute approximate surface area is 180 Å². The van der Waals surface area contributed by atoms with Crippen LogP contribution in [-0.2, 0) is 11.3 Å². The lowest BCUT2D eigenvalue weighted by atomic mass is 10.1. The molecule has 0 aliphatic rings. The van der Waals surface area contributed by atoms with E-state index in [1.807, 2.05) is 62.2 Å². The fraction of sp³-hybridized carbons (Fsp3) is 0.227. The third kappa shape index (κ3) is 6.21. The van der Waals surface area contributed by atoms with Gasteiger partial charge in [-0.25, -0.2) is 9.97 Å². The lowest BCUT2D eigenvalue weighted by Crippen LogP contribution is -2.18. The molecule has 5 nitrogen and oxygen atoms in total. The number of carbonyl (C=O) groups is 1. The van der Waals surface area contributed by atoms with Gasteiger partial charge < -0.3 is 10.2 Å². The van der Waals surface area contributed by atoms with Gasteiger partial charge in [0.25, 0.3) is 0 Å². The zero-order valence-electron chi connectivity index (χ0n) is 16.6. The molecule has 1 heterocycles. The van der Waals surface area contributed by atoms with Crippen LogP contribution in [0.5, 0.6) is 0 Å². The molecule has 3 rings (SSSR count). The molecule has 0 atom stereocenters. The second-order valence-electron chi connectivity index (χ2n) is 6.81. The van der Waals surface area contributed by atoms with Gasteiger partial charge in [-0.1, -0.05) is 59.8 Å². The highest BCUT2D eigenvalue weighted by molar-refractivity contribution is 7.99. The molecule has 0 aliphatic carbocycles. The number of nitrogens with one attached hydrogen (secondary N) is 1. The van der Waals surface area contributed by atoms with E-state index in [-0.39, 0.29) is 11.7 Å². The number of carbonyl (C=O) groups excluding carboxylic acids is 1. The smallest absolute Gasteiger partial charge is 0.234 e. The molecule has 0 saturated carbocycles. The minimum Gasteiger partial charge on any atom is -0.355 e. The molecule has 0 spiro atoms. The normalized spacial score (nSPS) is 10.6. The minimum atomic E-state index is -0.110. The molecule has 7 heteroatoms. The SMILES string of the molecule is Cc1ccc(NC(=O)CSc2nc(Cl)cc(N(C)Cc3ccccc3)n2)cc1C. The summed E-state index contributed by atoms with van der Waals surface area (Å²) in [6.07, 6.45) is 0. The summed E-state index contributed by atoms with van der Waals surface area (Å²) in [5.41, 5.74) is 4.29. The van der Waals surface area contributed by atoms with Gasteiger partial charge in [0.15, 0.2) is 5.16 Å². The summed E-state index contributed by atoms with van der Waals surface area (Å²) in [5.74, 6) is 0.807. The number of anilines is 2. The van der Waals surface area contributed by atoms with Crippen LogP contribution >= 0.6 is 23.4 Å². The molecular weight excluding hydrogens is 404 g/mol. The van der Waals surface area contributed by atoms with Crippen molar-refractivity contribution in [3.05, 3.63) is 76.4 Å². The molecule has 0 fully saturated rings. The zero-order valence-corrected chi connectivity index (χ0v) is 18.2. The quantitative estimate of drug-likeness (QED) is 0.323. The second-order valence-corrected chi connectivity index (χ2v) is 8.14. The standard InChI is InChI=1S/C22H23ClN4OS/c1-15-9-10-18(11-16(15)2)24-21(28)14-29-22-25-19(23)12-20(26-22)27(3)13-17-7-5-4-6-8-17/h4-12H,13-14H2,1-3H3,(H,24,28). The number of hydrogen-bond acceptors (Lipinski definition) is 5. The fourth-order valence-electron chi connectivity index (χ4n) is 2.73. The first kappa shape index (κ1) is 21.1. The molecule has 0 bridgehead atoms.